The summed E-state index contributed by atoms with van der Waals surface area (Å²) in [4.78, 5) is 4.86. The van der Waals surface area contributed by atoms with Crippen molar-refractivity contribution in [2.24, 2.45) is 0 Å². The summed E-state index contributed by atoms with van der Waals surface area (Å²) >= 11 is 6.10. The monoisotopic (exact) mass is 312 g/mol. The van der Waals surface area contributed by atoms with Crippen LogP contribution in [-0.2, 0) is 11.3 Å². The highest BCUT2D eigenvalue weighted by molar-refractivity contribution is 6.31. The maximum atomic E-state index is 13.1. The predicted octanol–water partition coefficient (Wildman–Crippen LogP) is 2.78. The van der Waals surface area contributed by atoms with Gasteiger partial charge in [0.25, 0.3) is 0 Å². The Balaban J connectivity index is 1.46. The van der Waals surface area contributed by atoms with Gasteiger partial charge in [0, 0.05) is 50.9 Å². The van der Waals surface area contributed by atoms with Crippen LogP contribution in [0.5, 0.6) is 0 Å². The molecule has 0 aliphatic carbocycles. The Labute approximate surface area is 130 Å². The first-order valence-electron chi connectivity index (χ1n) is 7.71. The molecule has 0 bridgehead atoms. The van der Waals surface area contributed by atoms with Crippen LogP contribution in [0.1, 0.15) is 18.4 Å². The number of ether oxygens (including phenoxy) is 1. The Morgan fingerprint density at radius 3 is 2.62 bits per heavy atom. The lowest BCUT2D eigenvalue weighted by Crippen LogP contribution is -2.48. The van der Waals surface area contributed by atoms with Gasteiger partial charge in [-0.25, -0.2) is 4.39 Å². The highest BCUT2D eigenvalue weighted by atomic mass is 35.5. The quantitative estimate of drug-likeness (QED) is 0.850. The van der Waals surface area contributed by atoms with E-state index < -0.39 is 0 Å². The van der Waals surface area contributed by atoms with E-state index in [1.165, 1.54) is 25.0 Å². The lowest BCUT2D eigenvalue weighted by Gasteiger charge is -2.35. The number of halogens is 2. The fraction of sp³-hybridized carbons (Fsp3) is 0.625. The van der Waals surface area contributed by atoms with Crippen LogP contribution in [0.15, 0.2) is 18.2 Å². The van der Waals surface area contributed by atoms with Crippen LogP contribution in [0.3, 0.4) is 0 Å². The Morgan fingerprint density at radius 1 is 1.19 bits per heavy atom. The number of nitrogens with zero attached hydrogens (tertiary/aromatic N) is 2. The largest absolute Gasteiger partial charge is 0.377 e. The van der Waals surface area contributed by atoms with E-state index in [9.17, 15) is 4.39 Å². The van der Waals surface area contributed by atoms with Crippen molar-refractivity contribution in [2.45, 2.75) is 25.5 Å². The Morgan fingerprint density at radius 2 is 1.95 bits per heavy atom. The van der Waals surface area contributed by atoms with Gasteiger partial charge in [-0.1, -0.05) is 17.7 Å². The van der Waals surface area contributed by atoms with E-state index >= 15 is 0 Å². The SMILES string of the molecule is Fc1ccc(CN2CCN(CC3CCCO3)CC2)c(Cl)c1. The summed E-state index contributed by atoms with van der Waals surface area (Å²) < 4.78 is 18.8. The number of rotatable bonds is 4. The molecule has 0 aromatic heterocycles. The zero-order chi connectivity index (χ0) is 14.7. The molecule has 2 fully saturated rings. The topological polar surface area (TPSA) is 15.7 Å². The van der Waals surface area contributed by atoms with Crippen molar-refractivity contribution in [1.29, 1.82) is 0 Å². The van der Waals surface area contributed by atoms with Crippen molar-refractivity contribution in [2.75, 3.05) is 39.3 Å². The average Bonchev–Trinajstić information content (AvgIpc) is 2.97. The lowest BCUT2D eigenvalue weighted by molar-refractivity contribution is 0.0489. The molecule has 21 heavy (non-hydrogen) atoms. The van der Waals surface area contributed by atoms with Crippen molar-refractivity contribution >= 4 is 11.6 Å². The van der Waals surface area contributed by atoms with Gasteiger partial charge in [-0.3, -0.25) is 9.80 Å². The highest BCUT2D eigenvalue weighted by Crippen LogP contribution is 2.20. The molecule has 0 saturated carbocycles. The molecular weight excluding hydrogens is 291 g/mol. The number of benzene rings is 1. The van der Waals surface area contributed by atoms with Gasteiger partial charge in [0.05, 0.1) is 6.10 Å². The smallest absolute Gasteiger partial charge is 0.124 e. The first-order chi connectivity index (χ1) is 10.2. The molecule has 3 rings (SSSR count). The van der Waals surface area contributed by atoms with Gasteiger partial charge in [-0.15, -0.1) is 0 Å². The Bertz CT molecular complexity index is 471. The van der Waals surface area contributed by atoms with E-state index in [1.807, 2.05) is 0 Å². The Hall–Kier alpha value is -0.680. The summed E-state index contributed by atoms with van der Waals surface area (Å²) in [5.74, 6) is -0.273. The van der Waals surface area contributed by atoms with Gasteiger partial charge in [-0.05, 0) is 30.5 Å². The summed E-state index contributed by atoms with van der Waals surface area (Å²) in [5, 5.41) is 0.525. The Kier molecular flexibility index (Phi) is 5.11. The standard InChI is InChI=1S/C16H22ClFN2O/c17-16-10-14(18)4-3-13(16)11-19-5-7-20(8-6-19)12-15-2-1-9-21-15/h3-4,10,15H,1-2,5-9,11-12H2. The maximum absolute atomic E-state index is 13.1. The van der Waals surface area contributed by atoms with Crippen molar-refractivity contribution in [1.82, 2.24) is 9.80 Å². The van der Waals surface area contributed by atoms with Gasteiger partial charge in [-0.2, -0.15) is 0 Å². The molecule has 0 amide bonds. The molecule has 0 radical (unpaired) electrons. The minimum absolute atomic E-state index is 0.273. The summed E-state index contributed by atoms with van der Waals surface area (Å²) in [6, 6.07) is 4.66. The molecule has 2 heterocycles. The molecule has 2 saturated heterocycles. The highest BCUT2D eigenvalue weighted by Gasteiger charge is 2.23. The normalized spacial score (nSPS) is 24.6. The molecule has 0 N–H and O–H groups in total. The van der Waals surface area contributed by atoms with E-state index in [2.05, 4.69) is 9.80 Å². The van der Waals surface area contributed by atoms with E-state index in [1.54, 1.807) is 6.07 Å². The van der Waals surface area contributed by atoms with Crippen LogP contribution >= 0.6 is 11.6 Å². The number of hydrogen-bond acceptors (Lipinski definition) is 3. The molecular formula is C16H22ClFN2O. The van der Waals surface area contributed by atoms with Crippen LogP contribution in [0.4, 0.5) is 4.39 Å². The third-order valence-corrected chi connectivity index (χ3v) is 4.71. The summed E-state index contributed by atoms with van der Waals surface area (Å²) in [6.07, 6.45) is 2.84. The van der Waals surface area contributed by atoms with Crippen molar-refractivity contribution in [3.63, 3.8) is 0 Å². The molecule has 0 spiro atoms. The third-order valence-electron chi connectivity index (χ3n) is 4.36. The number of piperazine rings is 1. The summed E-state index contributed by atoms with van der Waals surface area (Å²) in [5.41, 5.74) is 1.01. The maximum Gasteiger partial charge on any atom is 0.124 e. The van der Waals surface area contributed by atoms with Gasteiger partial charge < -0.3 is 4.74 Å². The molecule has 3 nitrogen and oxygen atoms in total. The fourth-order valence-electron chi connectivity index (χ4n) is 3.10. The van der Waals surface area contributed by atoms with Gasteiger partial charge in [0.1, 0.15) is 5.82 Å². The molecule has 2 aliphatic heterocycles. The van der Waals surface area contributed by atoms with Crippen molar-refractivity contribution < 1.29 is 9.13 Å². The van der Waals surface area contributed by atoms with Crippen LogP contribution < -0.4 is 0 Å². The molecule has 2 aliphatic rings. The molecule has 1 aromatic carbocycles. The lowest BCUT2D eigenvalue weighted by atomic mass is 10.1. The summed E-state index contributed by atoms with van der Waals surface area (Å²) in [7, 11) is 0. The fourth-order valence-corrected chi connectivity index (χ4v) is 3.32. The minimum atomic E-state index is -0.273. The minimum Gasteiger partial charge on any atom is -0.377 e. The van der Waals surface area contributed by atoms with Crippen molar-refractivity contribution in [3.05, 3.63) is 34.6 Å². The average molecular weight is 313 g/mol. The molecule has 1 unspecified atom stereocenters. The van der Waals surface area contributed by atoms with Gasteiger partial charge in [0.2, 0.25) is 0 Å². The van der Waals surface area contributed by atoms with Gasteiger partial charge >= 0.3 is 0 Å². The van der Waals surface area contributed by atoms with E-state index in [4.69, 9.17) is 16.3 Å². The molecule has 116 valence electrons. The van der Waals surface area contributed by atoms with E-state index in [0.717, 1.165) is 51.4 Å². The second kappa shape index (κ2) is 7.05. The van der Waals surface area contributed by atoms with Crippen LogP contribution in [0.2, 0.25) is 5.02 Å². The van der Waals surface area contributed by atoms with Crippen LogP contribution in [0.25, 0.3) is 0 Å². The molecule has 5 heteroatoms. The van der Waals surface area contributed by atoms with Crippen LogP contribution in [-0.4, -0.2) is 55.2 Å². The van der Waals surface area contributed by atoms with Crippen molar-refractivity contribution in [3.8, 4) is 0 Å². The van der Waals surface area contributed by atoms with Gasteiger partial charge in [0.15, 0.2) is 0 Å². The van der Waals surface area contributed by atoms with Crippen LogP contribution in [0, 0.1) is 5.82 Å². The number of hydrogen-bond donors (Lipinski definition) is 0. The first kappa shape index (κ1) is 15.2. The second-order valence-electron chi connectivity index (χ2n) is 5.95. The first-order valence-corrected chi connectivity index (χ1v) is 8.09. The van der Waals surface area contributed by atoms with E-state index in [0.29, 0.717) is 11.1 Å². The predicted molar refractivity (Wildman–Crippen MR) is 82.1 cm³/mol. The zero-order valence-electron chi connectivity index (χ0n) is 12.2. The second-order valence-corrected chi connectivity index (χ2v) is 6.35. The summed E-state index contributed by atoms with van der Waals surface area (Å²) in [6.45, 7) is 6.98. The van der Waals surface area contributed by atoms with E-state index in [-0.39, 0.29) is 5.82 Å². The molecule has 1 atom stereocenters. The zero-order valence-corrected chi connectivity index (χ0v) is 13.0. The molecule has 1 aromatic rings. The third kappa shape index (κ3) is 4.16.